The Hall–Kier alpha value is -2.14. The summed E-state index contributed by atoms with van der Waals surface area (Å²) in [6.07, 6.45) is 0.892. The zero-order valence-electron chi connectivity index (χ0n) is 12.2. The number of rotatable bonds is 4. The smallest absolute Gasteiger partial charge is 0.335 e. The lowest BCUT2D eigenvalue weighted by molar-refractivity contribution is 0.0696. The van der Waals surface area contributed by atoms with Gasteiger partial charge < -0.3 is 10.4 Å². The van der Waals surface area contributed by atoms with E-state index in [1.165, 1.54) is 29.0 Å². The van der Waals surface area contributed by atoms with E-state index in [9.17, 15) is 9.59 Å². The third-order valence-corrected chi connectivity index (χ3v) is 4.45. The van der Waals surface area contributed by atoms with E-state index in [4.69, 9.17) is 5.11 Å². The molecule has 2 aromatic rings. The number of carboxylic acids is 1. The fourth-order valence-electron chi connectivity index (χ4n) is 2.06. The molecule has 21 heavy (non-hydrogen) atoms. The number of carbonyl (C=O) groups is 2. The first-order valence-corrected chi connectivity index (χ1v) is 7.48. The van der Waals surface area contributed by atoms with Crippen molar-refractivity contribution >= 4 is 28.9 Å². The molecule has 5 heteroatoms. The molecule has 0 aliphatic carbocycles. The zero-order chi connectivity index (χ0) is 15.6. The maximum Gasteiger partial charge on any atom is 0.335 e. The molecule has 1 aromatic heterocycles. The van der Waals surface area contributed by atoms with Crippen LogP contribution in [0.3, 0.4) is 0 Å². The van der Waals surface area contributed by atoms with Crippen LogP contribution >= 0.6 is 11.3 Å². The average molecular weight is 303 g/mol. The molecule has 0 fully saturated rings. The van der Waals surface area contributed by atoms with Gasteiger partial charge in [0.1, 0.15) is 0 Å². The van der Waals surface area contributed by atoms with E-state index in [0.29, 0.717) is 10.6 Å². The summed E-state index contributed by atoms with van der Waals surface area (Å²) in [5.74, 6) is -1.21. The van der Waals surface area contributed by atoms with Crippen molar-refractivity contribution in [2.75, 3.05) is 5.32 Å². The number of anilines is 1. The van der Waals surface area contributed by atoms with E-state index in [1.54, 1.807) is 6.07 Å². The number of amides is 1. The second-order valence-electron chi connectivity index (χ2n) is 4.83. The fourth-order valence-corrected chi connectivity index (χ4v) is 3.07. The molecule has 4 nitrogen and oxygen atoms in total. The summed E-state index contributed by atoms with van der Waals surface area (Å²) < 4.78 is 0. The van der Waals surface area contributed by atoms with Gasteiger partial charge in [-0.25, -0.2) is 4.79 Å². The SMILES string of the molecule is CCc1cc(C(=O)Nc2cc(C(=O)O)ccc2C)sc1C. The first-order valence-electron chi connectivity index (χ1n) is 6.67. The highest BCUT2D eigenvalue weighted by atomic mass is 32.1. The molecular weight excluding hydrogens is 286 g/mol. The molecule has 0 aliphatic rings. The normalized spacial score (nSPS) is 10.4. The lowest BCUT2D eigenvalue weighted by Gasteiger charge is -2.08. The van der Waals surface area contributed by atoms with Crippen molar-refractivity contribution in [2.24, 2.45) is 0 Å². The highest BCUT2D eigenvalue weighted by Gasteiger charge is 2.14. The Morgan fingerprint density at radius 2 is 1.95 bits per heavy atom. The van der Waals surface area contributed by atoms with Crippen LogP contribution in [0.4, 0.5) is 5.69 Å². The minimum absolute atomic E-state index is 0.160. The van der Waals surface area contributed by atoms with E-state index >= 15 is 0 Å². The van der Waals surface area contributed by atoms with Crippen LogP contribution in [0.25, 0.3) is 0 Å². The van der Waals surface area contributed by atoms with Crippen LogP contribution < -0.4 is 5.32 Å². The van der Waals surface area contributed by atoms with Crippen molar-refractivity contribution in [1.82, 2.24) is 0 Å². The second-order valence-corrected chi connectivity index (χ2v) is 6.09. The van der Waals surface area contributed by atoms with E-state index in [2.05, 4.69) is 12.2 Å². The summed E-state index contributed by atoms with van der Waals surface area (Å²) in [6, 6.07) is 6.59. The number of carbonyl (C=O) groups excluding carboxylic acids is 1. The van der Waals surface area contributed by atoms with Gasteiger partial charge in [0, 0.05) is 10.6 Å². The molecule has 0 radical (unpaired) electrons. The number of benzene rings is 1. The molecule has 110 valence electrons. The molecule has 0 saturated carbocycles. The van der Waals surface area contributed by atoms with Gasteiger partial charge >= 0.3 is 5.97 Å². The largest absolute Gasteiger partial charge is 0.478 e. The molecule has 0 atom stereocenters. The number of aromatic carboxylic acids is 1. The highest BCUT2D eigenvalue weighted by molar-refractivity contribution is 7.14. The van der Waals surface area contributed by atoms with Crippen molar-refractivity contribution in [1.29, 1.82) is 0 Å². The van der Waals surface area contributed by atoms with Gasteiger partial charge in [-0.1, -0.05) is 13.0 Å². The molecule has 0 aliphatic heterocycles. The highest BCUT2D eigenvalue weighted by Crippen LogP contribution is 2.24. The molecule has 2 N–H and O–H groups in total. The van der Waals surface area contributed by atoms with Crippen LogP contribution in [-0.4, -0.2) is 17.0 Å². The summed E-state index contributed by atoms with van der Waals surface area (Å²) in [4.78, 5) is 25.1. The summed E-state index contributed by atoms with van der Waals surface area (Å²) in [7, 11) is 0. The molecule has 0 saturated heterocycles. The first kappa shape index (κ1) is 15.3. The molecule has 2 rings (SSSR count). The maximum atomic E-state index is 12.3. The van der Waals surface area contributed by atoms with E-state index in [0.717, 1.165) is 16.9 Å². The average Bonchev–Trinajstić information content (AvgIpc) is 2.82. The third kappa shape index (κ3) is 3.31. The first-order chi connectivity index (χ1) is 9.92. The molecule has 0 unspecified atom stereocenters. The predicted molar refractivity (Wildman–Crippen MR) is 84.5 cm³/mol. The van der Waals surface area contributed by atoms with Gasteiger partial charge in [-0.2, -0.15) is 0 Å². The van der Waals surface area contributed by atoms with Crippen LogP contribution in [0.1, 0.15) is 43.0 Å². The van der Waals surface area contributed by atoms with Gasteiger partial charge in [0.15, 0.2) is 0 Å². The monoisotopic (exact) mass is 303 g/mol. The van der Waals surface area contributed by atoms with Crippen LogP contribution in [-0.2, 0) is 6.42 Å². The summed E-state index contributed by atoms with van der Waals surface area (Å²) in [5, 5.41) is 11.8. The van der Waals surface area contributed by atoms with Crippen molar-refractivity contribution < 1.29 is 14.7 Å². The molecule has 0 spiro atoms. The number of carboxylic acid groups (broad SMARTS) is 1. The number of thiophene rings is 1. The number of nitrogens with one attached hydrogen (secondary N) is 1. The molecule has 1 aromatic carbocycles. The Kier molecular flexibility index (Phi) is 4.43. The molecular formula is C16H17NO3S. The summed E-state index contributed by atoms with van der Waals surface area (Å²) in [6.45, 7) is 5.88. The predicted octanol–water partition coefficient (Wildman–Crippen LogP) is 3.88. The lowest BCUT2D eigenvalue weighted by Crippen LogP contribution is -2.12. The molecule has 1 heterocycles. The Morgan fingerprint density at radius 1 is 1.24 bits per heavy atom. The van der Waals surface area contributed by atoms with Crippen LogP contribution in [0.2, 0.25) is 0 Å². The van der Waals surface area contributed by atoms with Gasteiger partial charge in [-0.15, -0.1) is 11.3 Å². The van der Waals surface area contributed by atoms with Gasteiger partial charge in [0.25, 0.3) is 5.91 Å². The molecule has 0 bridgehead atoms. The van der Waals surface area contributed by atoms with Gasteiger partial charge in [0.05, 0.1) is 10.4 Å². The maximum absolute atomic E-state index is 12.3. The van der Waals surface area contributed by atoms with Crippen LogP contribution in [0.15, 0.2) is 24.3 Å². The third-order valence-electron chi connectivity index (χ3n) is 3.36. The minimum atomic E-state index is -1.01. The molecule has 1 amide bonds. The van der Waals surface area contributed by atoms with E-state index in [-0.39, 0.29) is 11.5 Å². The van der Waals surface area contributed by atoms with Crippen molar-refractivity contribution in [3.63, 3.8) is 0 Å². The summed E-state index contributed by atoms with van der Waals surface area (Å²) in [5.41, 5.74) is 2.69. The van der Waals surface area contributed by atoms with Gasteiger partial charge in [0.2, 0.25) is 0 Å². The van der Waals surface area contributed by atoms with Gasteiger partial charge in [-0.3, -0.25) is 4.79 Å². The van der Waals surface area contributed by atoms with Crippen LogP contribution in [0, 0.1) is 13.8 Å². The van der Waals surface area contributed by atoms with E-state index < -0.39 is 5.97 Å². The number of hydrogen-bond acceptors (Lipinski definition) is 3. The van der Waals surface area contributed by atoms with Crippen LogP contribution in [0.5, 0.6) is 0 Å². The topological polar surface area (TPSA) is 66.4 Å². The fraction of sp³-hybridized carbons (Fsp3) is 0.250. The second kappa shape index (κ2) is 6.10. The van der Waals surface area contributed by atoms with E-state index in [1.807, 2.05) is 19.9 Å². The standard InChI is InChI=1S/C16H17NO3S/c1-4-11-8-14(21-10(11)3)15(18)17-13-7-12(16(19)20)6-5-9(13)2/h5-8H,4H2,1-3H3,(H,17,18)(H,19,20). The number of hydrogen-bond donors (Lipinski definition) is 2. The lowest BCUT2D eigenvalue weighted by atomic mass is 10.1. The van der Waals surface area contributed by atoms with Gasteiger partial charge in [-0.05, 0) is 49.6 Å². The Balaban J connectivity index is 2.26. The zero-order valence-corrected chi connectivity index (χ0v) is 13.0. The minimum Gasteiger partial charge on any atom is -0.478 e. The Morgan fingerprint density at radius 3 is 2.52 bits per heavy atom. The quantitative estimate of drug-likeness (QED) is 0.900. The van der Waals surface area contributed by atoms with Crippen molar-refractivity contribution in [3.05, 3.63) is 50.7 Å². The Bertz CT molecular complexity index is 704. The van der Waals surface area contributed by atoms with Crippen molar-refractivity contribution in [2.45, 2.75) is 27.2 Å². The van der Waals surface area contributed by atoms with Crippen molar-refractivity contribution in [3.8, 4) is 0 Å². The summed E-state index contributed by atoms with van der Waals surface area (Å²) >= 11 is 1.45. The Labute approximate surface area is 127 Å². The number of aryl methyl sites for hydroxylation is 3.